The van der Waals surface area contributed by atoms with Gasteiger partial charge in [0.25, 0.3) is 5.91 Å². The first-order chi connectivity index (χ1) is 9.66. The van der Waals surface area contributed by atoms with Crippen LogP contribution in [0, 0.1) is 5.82 Å². The first kappa shape index (κ1) is 13.7. The van der Waals surface area contributed by atoms with Crippen LogP contribution in [0.5, 0.6) is 0 Å². The zero-order chi connectivity index (χ0) is 14.4. The second-order valence-electron chi connectivity index (χ2n) is 4.02. The largest absolute Gasteiger partial charge is 0.465 e. The molecule has 0 unspecified atom stereocenters. The van der Waals surface area contributed by atoms with Crippen molar-refractivity contribution in [1.82, 2.24) is 5.43 Å². The number of rotatable bonds is 4. The number of furan rings is 1. The third-order valence-corrected chi connectivity index (χ3v) is 2.48. The predicted octanol–water partition coefficient (Wildman–Crippen LogP) is 3.24. The number of amides is 1. The van der Waals surface area contributed by atoms with E-state index in [1.807, 2.05) is 0 Å². The molecule has 1 amide bonds. The zero-order valence-electron chi connectivity index (χ0n) is 10.8. The van der Waals surface area contributed by atoms with Crippen molar-refractivity contribution in [1.29, 1.82) is 0 Å². The highest BCUT2D eigenvalue weighted by Crippen LogP contribution is 2.06. The van der Waals surface area contributed by atoms with E-state index in [-0.39, 0.29) is 5.56 Å². The third kappa shape index (κ3) is 3.65. The molecule has 2 aromatic rings. The summed E-state index contributed by atoms with van der Waals surface area (Å²) in [5.74, 6) is -0.488. The van der Waals surface area contributed by atoms with Gasteiger partial charge in [-0.2, -0.15) is 5.10 Å². The average Bonchev–Trinajstić information content (AvgIpc) is 2.96. The monoisotopic (exact) mass is 272 g/mol. The Balaban J connectivity index is 1.98. The molecule has 0 aliphatic rings. The van der Waals surface area contributed by atoms with Gasteiger partial charge in [0.15, 0.2) is 0 Å². The summed E-state index contributed by atoms with van der Waals surface area (Å²) in [6.07, 6.45) is 4.96. The fraction of sp³-hybridized carbons (Fsp3) is 0.0667. The smallest absolute Gasteiger partial charge is 0.274 e. The maximum absolute atomic E-state index is 13.4. The van der Waals surface area contributed by atoms with Crippen LogP contribution in [0.1, 0.15) is 23.0 Å². The molecule has 1 heterocycles. The molecule has 1 N–H and O–H groups in total. The lowest BCUT2D eigenvalue weighted by atomic mass is 10.2. The molecule has 1 aromatic heterocycles. The number of nitrogens with one attached hydrogen (secondary N) is 1. The predicted molar refractivity (Wildman–Crippen MR) is 74.7 cm³/mol. The number of allylic oxidation sites excluding steroid dienone is 1. The molecule has 0 saturated heterocycles. The Hall–Kier alpha value is -2.69. The van der Waals surface area contributed by atoms with Crippen LogP contribution in [-0.4, -0.2) is 11.6 Å². The number of hydrazone groups is 1. The summed E-state index contributed by atoms with van der Waals surface area (Å²) in [7, 11) is 0. The summed E-state index contributed by atoms with van der Waals surface area (Å²) in [5.41, 5.74) is 2.82. The van der Waals surface area contributed by atoms with Gasteiger partial charge in [-0.05, 0) is 43.3 Å². The second-order valence-corrected chi connectivity index (χ2v) is 4.02. The highest BCUT2D eigenvalue weighted by atomic mass is 19.1. The van der Waals surface area contributed by atoms with Gasteiger partial charge in [-0.1, -0.05) is 12.1 Å². The molecule has 0 saturated carbocycles. The lowest BCUT2D eigenvalue weighted by Gasteiger charge is -2.01. The standard InChI is InChI=1S/C15H13FN2O2/c1-11(8-9-12-5-4-10-20-12)17-18-15(19)13-6-2-3-7-14(13)16/h2-10H,1H3,(H,18,19)/b9-8+,17-11-. The van der Waals surface area contributed by atoms with Crippen molar-refractivity contribution >= 4 is 17.7 Å². The Labute approximate surface area is 115 Å². The van der Waals surface area contributed by atoms with Gasteiger partial charge in [0, 0.05) is 0 Å². The number of hydrogen-bond donors (Lipinski definition) is 1. The molecule has 0 bridgehead atoms. The van der Waals surface area contributed by atoms with Crippen molar-refractivity contribution < 1.29 is 13.6 Å². The number of hydrogen-bond acceptors (Lipinski definition) is 3. The van der Waals surface area contributed by atoms with Gasteiger partial charge < -0.3 is 4.42 Å². The number of halogens is 1. The van der Waals surface area contributed by atoms with Crippen LogP contribution >= 0.6 is 0 Å². The Bertz CT molecular complexity index is 646. The van der Waals surface area contributed by atoms with Crippen LogP contribution in [0.25, 0.3) is 6.08 Å². The van der Waals surface area contributed by atoms with Gasteiger partial charge in [0.2, 0.25) is 0 Å². The maximum Gasteiger partial charge on any atom is 0.274 e. The molecule has 0 radical (unpaired) electrons. The molecule has 4 nitrogen and oxygen atoms in total. The van der Waals surface area contributed by atoms with E-state index >= 15 is 0 Å². The molecular weight excluding hydrogens is 259 g/mol. The van der Waals surface area contributed by atoms with E-state index in [1.165, 1.54) is 18.2 Å². The Morgan fingerprint density at radius 1 is 1.30 bits per heavy atom. The van der Waals surface area contributed by atoms with E-state index < -0.39 is 11.7 Å². The number of carbonyl (C=O) groups is 1. The Kier molecular flexibility index (Phi) is 4.44. The van der Waals surface area contributed by atoms with E-state index in [0.29, 0.717) is 11.5 Å². The summed E-state index contributed by atoms with van der Waals surface area (Å²) in [6, 6.07) is 9.29. The van der Waals surface area contributed by atoms with Crippen molar-refractivity contribution in [2.24, 2.45) is 5.10 Å². The van der Waals surface area contributed by atoms with Crippen molar-refractivity contribution in [3.8, 4) is 0 Å². The minimum absolute atomic E-state index is 0.0425. The quantitative estimate of drug-likeness (QED) is 0.686. The van der Waals surface area contributed by atoms with Crippen molar-refractivity contribution in [3.63, 3.8) is 0 Å². The van der Waals surface area contributed by atoms with Gasteiger partial charge in [-0.3, -0.25) is 4.79 Å². The van der Waals surface area contributed by atoms with Crippen LogP contribution in [0.4, 0.5) is 4.39 Å². The normalized spacial score (nSPS) is 11.8. The molecule has 20 heavy (non-hydrogen) atoms. The van der Waals surface area contributed by atoms with Crippen molar-refractivity contribution in [2.75, 3.05) is 0 Å². The van der Waals surface area contributed by atoms with E-state index in [2.05, 4.69) is 10.5 Å². The lowest BCUT2D eigenvalue weighted by molar-refractivity contribution is 0.0951. The maximum atomic E-state index is 13.4. The van der Waals surface area contributed by atoms with Crippen LogP contribution in [0.15, 0.2) is 58.3 Å². The van der Waals surface area contributed by atoms with E-state index in [0.717, 1.165) is 0 Å². The van der Waals surface area contributed by atoms with Crippen LogP contribution in [-0.2, 0) is 0 Å². The van der Waals surface area contributed by atoms with Crippen molar-refractivity contribution in [2.45, 2.75) is 6.92 Å². The third-order valence-electron chi connectivity index (χ3n) is 2.48. The molecule has 0 aliphatic heterocycles. The highest BCUT2D eigenvalue weighted by molar-refractivity contribution is 5.99. The first-order valence-corrected chi connectivity index (χ1v) is 5.97. The zero-order valence-corrected chi connectivity index (χ0v) is 10.8. The molecule has 0 spiro atoms. The van der Waals surface area contributed by atoms with Gasteiger partial charge in [0.1, 0.15) is 11.6 Å². The van der Waals surface area contributed by atoms with Gasteiger partial charge in [0.05, 0.1) is 17.5 Å². The molecule has 102 valence electrons. The SMILES string of the molecule is CC(/C=C/c1ccco1)=N/NC(=O)c1ccccc1F. The highest BCUT2D eigenvalue weighted by Gasteiger charge is 2.09. The number of benzene rings is 1. The molecule has 1 aromatic carbocycles. The minimum Gasteiger partial charge on any atom is -0.465 e. The molecule has 2 rings (SSSR count). The van der Waals surface area contributed by atoms with E-state index in [1.54, 1.807) is 43.5 Å². The lowest BCUT2D eigenvalue weighted by Crippen LogP contribution is -2.19. The van der Waals surface area contributed by atoms with E-state index in [9.17, 15) is 9.18 Å². The van der Waals surface area contributed by atoms with Gasteiger partial charge in [-0.15, -0.1) is 0 Å². The molecule has 0 fully saturated rings. The summed E-state index contributed by atoms with van der Waals surface area (Å²) in [4.78, 5) is 11.7. The first-order valence-electron chi connectivity index (χ1n) is 5.97. The van der Waals surface area contributed by atoms with Crippen LogP contribution in [0.2, 0.25) is 0 Å². The fourth-order valence-electron chi connectivity index (χ4n) is 1.47. The Morgan fingerprint density at radius 2 is 2.10 bits per heavy atom. The molecule has 5 heteroatoms. The van der Waals surface area contributed by atoms with Gasteiger partial charge >= 0.3 is 0 Å². The van der Waals surface area contributed by atoms with Crippen LogP contribution < -0.4 is 5.43 Å². The molecular formula is C15H13FN2O2. The van der Waals surface area contributed by atoms with E-state index in [4.69, 9.17) is 4.42 Å². The van der Waals surface area contributed by atoms with Gasteiger partial charge in [-0.25, -0.2) is 9.82 Å². The number of carbonyl (C=O) groups excluding carboxylic acids is 1. The van der Waals surface area contributed by atoms with Crippen molar-refractivity contribution in [3.05, 3.63) is 65.9 Å². The Morgan fingerprint density at radius 3 is 2.80 bits per heavy atom. The fourth-order valence-corrected chi connectivity index (χ4v) is 1.47. The summed E-state index contributed by atoms with van der Waals surface area (Å²) in [6.45, 7) is 1.71. The summed E-state index contributed by atoms with van der Waals surface area (Å²) in [5, 5.41) is 3.86. The minimum atomic E-state index is -0.589. The summed E-state index contributed by atoms with van der Waals surface area (Å²) < 4.78 is 18.5. The molecule has 0 atom stereocenters. The number of nitrogens with zero attached hydrogens (tertiary/aromatic N) is 1. The second kappa shape index (κ2) is 6.47. The van der Waals surface area contributed by atoms with Crippen LogP contribution in [0.3, 0.4) is 0 Å². The molecule has 0 aliphatic carbocycles. The average molecular weight is 272 g/mol. The topological polar surface area (TPSA) is 54.6 Å². The summed E-state index contributed by atoms with van der Waals surface area (Å²) >= 11 is 0.